The Labute approximate surface area is 206 Å². The van der Waals surface area contributed by atoms with Crippen molar-refractivity contribution in [1.82, 2.24) is 4.72 Å². The van der Waals surface area contributed by atoms with Crippen LogP contribution >= 0.6 is 0 Å². The Morgan fingerprint density at radius 3 is 2.39 bits per heavy atom. The van der Waals surface area contributed by atoms with Gasteiger partial charge in [0.1, 0.15) is 5.75 Å². The Morgan fingerprint density at radius 2 is 1.83 bits per heavy atom. The third-order valence-corrected chi connectivity index (χ3v) is 8.54. The molecule has 1 amide bonds. The van der Waals surface area contributed by atoms with Gasteiger partial charge < -0.3 is 21.7 Å². The molecule has 0 aromatic heterocycles. The minimum atomic E-state index is -3.83. The standard InChI is InChI=1S/C23H27N3O9S/c1-3-9-4-5-12(27)13-10(9)6-22(8-26-36(2,34)35)7-11-16(24)18(29)14(21(25)32)19(30)23(11,33)20(31)15(22)17(13)28/h4-5,11,14-16,26-27,33H,3,6-8,24H2,1-2H3,(H2,25,32). The van der Waals surface area contributed by atoms with Crippen LogP contribution in [0.2, 0.25) is 0 Å². The van der Waals surface area contributed by atoms with Gasteiger partial charge in [0.2, 0.25) is 15.9 Å². The van der Waals surface area contributed by atoms with E-state index >= 15 is 0 Å². The molecule has 6 atom stereocenters. The number of carbonyl (C=O) groups is 5. The van der Waals surface area contributed by atoms with Gasteiger partial charge in [-0.3, -0.25) is 24.0 Å². The van der Waals surface area contributed by atoms with Gasteiger partial charge >= 0.3 is 0 Å². The van der Waals surface area contributed by atoms with Crippen LogP contribution in [0, 0.1) is 23.2 Å². The number of phenols is 1. The van der Waals surface area contributed by atoms with Crippen LogP contribution in [0.3, 0.4) is 0 Å². The molecule has 7 N–H and O–H groups in total. The Balaban J connectivity index is 1.97. The van der Waals surface area contributed by atoms with Gasteiger partial charge in [0.25, 0.3) is 0 Å². The predicted molar refractivity (Wildman–Crippen MR) is 123 cm³/mol. The lowest BCUT2D eigenvalue weighted by Crippen LogP contribution is -2.76. The summed E-state index contributed by atoms with van der Waals surface area (Å²) < 4.78 is 26.3. The molecule has 0 radical (unpaired) electrons. The lowest BCUT2D eigenvalue weighted by molar-refractivity contribution is -0.181. The van der Waals surface area contributed by atoms with Gasteiger partial charge in [-0.25, -0.2) is 13.1 Å². The summed E-state index contributed by atoms with van der Waals surface area (Å²) in [5.74, 6) is -12.0. The average molecular weight is 522 g/mol. The lowest BCUT2D eigenvalue weighted by atomic mass is 9.47. The van der Waals surface area contributed by atoms with E-state index in [0.717, 1.165) is 6.26 Å². The number of sulfonamides is 1. The molecule has 0 spiro atoms. The number of rotatable bonds is 5. The largest absolute Gasteiger partial charge is 0.507 e. The molecule has 3 aliphatic carbocycles. The van der Waals surface area contributed by atoms with Crippen molar-refractivity contribution in [1.29, 1.82) is 0 Å². The molecule has 3 aliphatic rings. The van der Waals surface area contributed by atoms with Crippen molar-refractivity contribution in [3.8, 4) is 5.75 Å². The first-order chi connectivity index (χ1) is 16.6. The van der Waals surface area contributed by atoms with Crippen molar-refractivity contribution in [2.75, 3.05) is 12.8 Å². The third kappa shape index (κ3) is 3.52. The van der Waals surface area contributed by atoms with E-state index in [4.69, 9.17) is 11.5 Å². The van der Waals surface area contributed by atoms with E-state index in [0.29, 0.717) is 17.5 Å². The molecule has 0 heterocycles. The van der Waals surface area contributed by atoms with E-state index < -0.39 is 86.2 Å². The summed E-state index contributed by atoms with van der Waals surface area (Å²) in [6, 6.07) is 1.25. The number of nitrogens with one attached hydrogen (secondary N) is 1. The fourth-order valence-electron chi connectivity index (χ4n) is 6.15. The summed E-state index contributed by atoms with van der Waals surface area (Å²) in [7, 11) is -3.83. The van der Waals surface area contributed by atoms with Gasteiger partial charge in [-0.05, 0) is 36.5 Å². The zero-order valence-corrected chi connectivity index (χ0v) is 20.4. The summed E-state index contributed by atoms with van der Waals surface area (Å²) >= 11 is 0. The number of carbonyl (C=O) groups excluding carboxylic acids is 5. The molecule has 4 rings (SSSR count). The van der Waals surface area contributed by atoms with Gasteiger partial charge in [0.15, 0.2) is 34.7 Å². The van der Waals surface area contributed by atoms with Crippen LogP contribution in [-0.2, 0) is 42.0 Å². The molecule has 12 nitrogen and oxygen atoms in total. The molecule has 2 fully saturated rings. The molecule has 13 heteroatoms. The number of phenolic OH excluding ortho intramolecular Hbond substituents is 1. The molecular formula is C23H27N3O9S. The van der Waals surface area contributed by atoms with Crippen LogP contribution in [0.5, 0.6) is 5.75 Å². The second kappa shape index (κ2) is 8.26. The van der Waals surface area contributed by atoms with Crippen molar-refractivity contribution in [2.45, 2.75) is 37.8 Å². The zero-order valence-electron chi connectivity index (χ0n) is 19.6. The number of fused-ring (bicyclic) bond motifs is 3. The van der Waals surface area contributed by atoms with Gasteiger partial charge in [-0.2, -0.15) is 0 Å². The predicted octanol–water partition coefficient (Wildman–Crippen LogP) is -2.25. The Kier molecular flexibility index (Phi) is 5.99. The van der Waals surface area contributed by atoms with Crippen LogP contribution in [0.1, 0.15) is 34.8 Å². The molecular weight excluding hydrogens is 494 g/mol. The van der Waals surface area contributed by atoms with E-state index in [2.05, 4.69) is 4.72 Å². The average Bonchev–Trinajstić information content (AvgIpc) is 2.78. The molecule has 0 saturated heterocycles. The summed E-state index contributed by atoms with van der Waals surface area (Å²) in [6.45, 7) is 1.38. The van der Waals surface area contributed by atoms with Crippen molar-refractivity contribution in [2.24, 2.45) is 34.6 Å². The number of aromatic hydroxyl groups is 1. The highest BCUT2D eigenvalue weighted by atomic mass is 32.2. The quantitative estimate of drug-likeness (QED) is 0.262. The van der Waals surface area contributed by atoms with E-state index in [1.165, 1.54) is 6.07 Å². The summed E-state index contributed by atoms with van der Waals surface area (Å²) in [6.07, 6.45) is 0.897. The molecule has 6 unspecified atom stereocenters. The normalized spacial score (nSPS) is 34.1. The lowest BCUT2D eigenvalue weighted by Gasteiger charge is -2.56. The fraction of sp³-hybridized carbons (Fsp3) is 0.522. The van der Waals surface area contributed by atoms with Crippen molar-refractivity contribution < 1.29 is 42.6 Å². The zero-order chi connectivity index (χ0) is 27.0. The highest BCUT2D eigenvalue weighted by Crippen LogP contribution is 2.56. The van der Waals surface area contributed by atoms with Crippen molar-refractivity contribution in [3.05, 3.63) is 28.8 Å². The van der Waals surface area contributed by atoms with Crippen LogP contribution in [0.4, 0.5) is 0 Å². The Bertz CT molecular complexity index is 1340. The number of primary amides is 1. The summed E-state index contributed by atoms with van der Waals surface area (Å²) in [5, 5.41) is 22.0. The number of ketones is 4. The molecule has 1 aromatic carbocycles. The molecule has 1 aromatic rings. The van der Waals surface area contributed by atoms with E-state index in [9.17, 15) is 42.6 Å². The van der Waals surface area contributed by atoms with Crippen molar-refractivity contribution >= 4 is 39.1 Å². The smallest absolute Gasteiger partial charge is 0.235 e. The van der Waals surface area contributed by atoms with Crippen LogP contribution in [-0.4, -0.2) is 72.1 Å². The highest BCUT2D eigenvalue weighted by Gasteiger charge is 2.71. The fourth-order valence-corrected chi connectivity index (χ4v) is 6.70. The minimum absolute atomic E-state index is 0.0779. The maximum absolute atomic E-state index is 13.9. The van der Waals surface area contributed by atoms with E-state index in [-0.39, 0.29) is 18.4 Å². The minimum Gasteiger partial charge on any atom is -0.507 e. The molecule has 2 saturated carbocycles. The van der Waals surface area contributed by atoms with Crippen LogP contribution in [0.15, 0.2) is 12.1 Å². The second-order valence-corrected chi connectivity index (χ2v) is 11.8. The third-order valence-electron chi connectivity index (χ3n) is 7.87. The van der Waals surface area contributed by atoms with Gasteiger partial charge in [0, 0.05) is 17.9 Å². The maximum atomic E-state index is 13.9. The van der Waals surface area contributed by atoms with Crippen LogP contribution < -0.4 is 16.2 Å². The van der Waals surface area contributed by atoms with Gasteiger partial charge in [-0.15, -0.1) is 0 Å². The molecule has 0 aliphatic heterocycles. The Hall–Kier alpha value is -3.00. The molecule has 0 bridgehead atoms. The first-order valence-electron chi connectivity index (χ1n) is 11.3. The van der Waals surface area contributed by atoms with Crippen LogP contribution in [0.25, 0.3) is 0 Å². The second-order valence-electron chi connectivity index (χ2n) is 9.95. The number of hydrogen-bond donors (Lipinski definition) is 5. The van der Waals surface area contributed by atoms with E-state index in [1.54, 1.807) is 6.07 Å². The Morgan fingerprint density at radius 1 is 1.19 bits per heavy atom. The summed E-state index contributed by atoms with van der Waals surface area (Å²) in [5.41, 5.74) is 7.69. The van der Waals surface area contributed by atoms with Gasteiger partial charge in [0.05, 0.1) is 23.8 Å². The van der Waals surface area contributed by atoms with E-state index in [1.807, 2.05) is 6.92 Å². The number of aliphatic hydroxyl groups is 1. The number of nitrogens with two attached hydrogens (primary N) is 2. The molecule has 194 valence electrons. The SMILES string of the molecule is CCc1ccc(O)c2c1CC1(CNS(C)(=O)=O)CC3C(N)C(=O)C(C(N)=O)C(=O)C3(O)C(=O)C1C2=O. The first kappa shape index (κ1) is 26.1. The molecule has 36 heavy (non-hydrogen) atoms. The first-order valence-corrected chi connectivity index (χ1v) is 13.2. The number of Topliss-reactive ketones (excluding diaryl/α,β-unsaturated/α-hetero) is 4. The number of hydrogen-bond acceptors (Lipinski definition) is 10. The monoisotopic (exact) mass is 521 g/mol. The number of benzene rings is 1. The summed E-state index contributed by atoms with van der Waals surface area (Å²) in [4.78, 5) is 65.5. The van der Waals surface area contributed by atoms with Gasteiger partial charge in [-0.1, -0.05) is 13.0 Å². The number of aryl methyl sites for hydroxylation is 1. The topological polar surface area (TPSA) is 224 Å². The number of amides is 1. The van der Waals surface area contributed by atoms with Crippen molar-refractivity contribution in [3.63, 3.8) is 0 Å². The highest BCUT2D eigenvalue weighted by molar-refractivity contribution is 7.88. The maximum Gasteiger partial charge on any atom is 0.235 e.